The Balaban J connectivity index is 2.85. The number of hydrogen-bond acceptors (Lipinski definition) is 1. The van der Waals surface area contributed by atoms with Crippen LogP contribution in [0.25, 0.3) is 10.9 Å². The number of halogens is 2. The molecule has 0 amide bonds. The van der Waals surface area contributed by atoms with E-state index in [0.29, 0.717) is 15.4 Å². The maximum absolute atomic E-state index is 13.3. The average molecular weight is 258 g/mol. The summed E-state index contributed by atoms with van der Waals surface area (Å²) in [6.45, 7) is 0. The number of benzene rings is 1. The van der Waals surface area contributed by atoms with Crippen molar-refractivity contribution in [2.45, 2.75) is 0 Å². The van der Waals surface area contributed by atoms with Crippen LogP contribution in [0.1, 0.15) is 0 Å². The maximum Gasteiger partial charge on any atom is 0.416 e. The highest BCUT2D eigenvalue weighted by Gasteiger charge is 2.10. The third-order valence-electron chi connectivity index (χ3n) is 1.93. The van der Waals surface area contributed by atoms with Crippen LogP contribution in [0.15, 0.2) is 28.9 Å². The van der Waals surface area contributed by atoms with Crippen LogP contribution in [0.3, 0.4) is 0 Å². The highest BCUT2D eigenvalue weighted by molar-refractivity contribution is 9.10. The maximum atomic E-state index is 13.3. The molecule has 1 N–H and O–H groups in total. The quantitative estimate of drug-likeness (QED) is 0.788. The first-order valence-electron chi connectivity index (χ1n) is 3.79. The van der Waals surface area contributed by atoms with E-state index in [1.807, 2.05) is 0 Å². The van der Waals surface area contributed by atoms with Crippen LogP contribution in [-0.2, 0) is 0 Å². The number of hydrogen-bond donors (Lipinski definition) is 1. The van der Waals surface area contributed by atoms with Gasteiger partial charge in [-0.25, -0.2) is 9.18 Å². The molecule has 0 aliphatic rings. The minimum absolute atomic E-state index is 0.301. The molecule has 1 aromatic carbocycles. The summed E-state index contributed by atoms with van der Waals surface area (Å²) in [7, 11) is 0. The predicted octanol–water partition coefficient (Wildman–Crippen LogP) is 3.07. The van der Waals surface area contributed by atoms with Crippen LogP contribution in [-0.4, -0.2) is 15.8 Å². The van der Waals surface area contributed by atoms with Crippen molar-refractivity contribution in [2.24, 2.45) is 0 Å². The summed E-state index contributed by atoms with van der Waals surface area (Å²) in [6.07, 6.45) is 0.195. The Hall–Kier alpha value is -1.36. The lowest BCUT2D eigenvalue weighted by atomic mass is 10.2. The van der Waals surface area contributed by atoms with Gasteiger partial charge in [0.2, 0.25) is 0 Å². The Morgan fingerprint density at radius 3 is 2.86 bits per heavy atom. The zero-order chi connectivity index (χ0) is 10.3. The van der Waals surface area contributed by atoms with Gasteiger partial charge in [-0.2, -0.15) is 0 Å². The molecule has 0 bridgehead atoms. The zero-order valence-electron chi connectivity index (χ0n) is 6.87. The van der Waals surface area contributed by atoms with E-state index in [0.717, 1.165) is 4.57 Å². The van der Waals surface area contributed by atoms with Gasteiger partial charge in [-0.3, -0.25) is 4.57 Å². The van der Waals surface area contributed by atoms with Gasteiger partial charge in [-0.1, -0.05) is 15.9 Å². The molecule has 0 spiro atoms. The largest absolute Gasteiger partial charge is 0.464 e. The highest BCUT2D eigenvalue weighted by atomic mass is 79.9. The zero-order valence-corrected chi connectivity index (χ0v) is 8.45. The number of carbonyl (C=O) groups is 1. The first kappa shape index (κ1) is 9.21. The number of fused-ring (bicyclic) bond motifs is 1. The fourth-order valence-corrected chi connectivity index (χ4v) is 1.75. The van der Waals surface area contributed by atoms with Gasteiger partial charge in [0.15, 0.2) is 0 Å². The normalized spacial score (nSPS) is 10.7. The van der Waals surface area contributed by atoms with E-state index in [1.54, 1.807) is 6.07 Å². The molecule has 0 fully saturated rings. The van der Waals surface area contributed by atoms with Crippen molar-refractivity contribution in [1.82, 2.24) is 4.57 Å². The van der Waals surface area contributed by atoms with Crippen LogP contribution in [0.2, 0.25) is 0 Å². The third kappa shape index (κ3) is 1.29. The monoisotopic (exact) mass is 257 g/mol. The molecular weight excluding hydrogens is 253 g/mol. The lowest BCUT2D eigenvalue weighted by Gasteiger charge is -1.99. The van der Waals surface area contributed by atoms with Crippen molar-refractivity contribution in [1.29, 1.82) is 0 Å². The van der Waals surface area contributed by atoms with Crippen LogP contribution >= 0.6 is 15.9 Å². The van der Waals surface area contributed by atoms with Gasteiger partial charge in [-0.05, 0) is 18.2 Å². The third-order valence-corrected chi connectivity index (χ3v) is 2.39. The van der Waals surface area contributed by atoms with Crippen LogP contribution in [0.4, 0.5) is 9.18 Å². The van der Waals surface area contributed by atoms with Crippen LogP contribution in [0, 0.1) is 5.82 Å². The number of rotatable bonds is 0. The molecule has 3 nitrogen and oxygen atoms in total. The molecule has 2 rings (SSSR count). The van der Waals surface area contributed by atoms with E-state index in [-0.39, 0.29) is 0 Å². The van der Waals surface area contributed by atoms with Crippen molar-refractivity contribution in [3.8, 4) is 0 Å². The summed E-state index contributed by atoms with van der Waals surface area (Å²) in [6, 6.07) is 4.30. The number of carboxylic acid groups (broad SMARTS) is 1. The predicted molar refractivity (Wildman–Crippen MR) is 53.0 cm³/mol. The van der Waals surface area contributed by atoms with E-state index in [9.17, 15) is 9.18 Å². The Labute approximate surface area is 86.9 Å². The second kappa shape index (κ2) is 3.09. The smallest absolute Gasteiger partial charge is 0.416 e. The van der Waals surface area contributed by atoms with Gasteiger partial charge in [0, 0.05) is 16.1 Å². The van der Waals surface area contributed by atoms with E-state index >= 15 is 0 Å². The van der Waals surface area contributed by atoms with Gasteiger partial charge in [0.05, 0.1) is 5.52 Å². The number of aromatic nitrogens is 1. The summed E-state index contributed by atoms with van der Waals surface area (Å²) < 4.78 is 14.8. The molecule has 14 heavy (non-hydrogen) atoms. The van der Waals surface area contributed by atoms with Crippen molar-refractivity contribution in [3.05, 3.63) is 34.7 Å². The first-order chi connectivity index (χ1) is 6.59. The molecule has 0 radical (unpaired) electrons. The summed E-state index contributed by atoms with van der Waals surface area (Å²) >= 11 is 3.10. The molecule has 1 aromatic heterocycles. The average Bonchev–Trinajstić information content (AvgIpc) is 2.47. The first-order valence-corrected chi connectivity index (χ1v) is 4.58. The van der Waals surface area contributed by atoms with Crippen molar-refractivity contribution in [2.75, 3.05) is 0 Å². The lowest BCUT2D eigenvalue weighted by molar-refractivity contribution is 0.197. The Morgan fingerprint density at radius 2 is 2.21 bits per heavy atom. The van der Waals surface area contributed by atoms with E-state index < -0.39 is 11.9 Å². The summed E-state index contributed by atoms with van der Waals surface area (Å²) in [5.74, 6) is -0.436. The van der Waals surface area contributed by atoms with E-state index in [1.165, 1.54) is 18.3 Å². The van der Waals surface area contributed by atoms with Crippen molar-refractivity contribution in [3.63, 3.8) is 0 Å². The van der Waals surface area contributed by atoms with Gasteiger partial charge in [0.1, 0.15) is 5.82 Å². The second-order valence-corrected chi connectivity index (χ2v) is 3.70. The summed E-state index contributed by atoms with van der Waals surface area (Å²) in [4.78, 5) is 10.7. The van der Waals surface area contributed by atoms with Gasteiger partial charge in [0.25, 0.3) is 0 Å². The molecular formula is C9H5BrFNO2. The van der Waals surface area contributed by atoms with Gasteiger partial charge in [-0.15, -0.1) is 0 Å². The van der Waals surface area contributed by atoms with Crippen LogP contribution < -0.4 is 0 Å². The second-order valence-electron chi connectivity index (χ2n) is 2.79. The molecule has 0 saturated carbocycles. The Kier molecular flexibility index (Phi) is 2.03. The fraction of sp³-hybridized carbons (Fsp3) is 0. The molecule has 72 valence electrons. The minimum atomic E-state index is -1.13. The fourth-order valence-electron chi connectivity index (χ4n) is 1.33. The molecule has 0 saturated heterocycles. The Morgan fingerprint density at radius 1 is 1.50 bits per heavy atom. The van der Waals surface area contributed by atoms with E-state index in [4.69, 9.17) is 5.11 Å². The molecule has 0 aliphatic heterocycles. The van der Waals surface area contributed by atoms with E-state index in [2.05, 4.69) is 15.9 Å². The van der Waals surface area contributed by atoms with Crippen molar-refractivity contribution >= 4 is 32.9 Å². The lowest BCUT2D eigenvalue weighted by Crippen LogP contribution is -2.05. The molecule has 2 aromatic rings. The molecule has 0 aliphatic carbocycles. The molecule has 5 heteroatoms. The van der Waals surface area contributed by atoms with Crippen LogP contribution in [0.5, 0.6) is 0 Å². The molecule has 1 heterocycles. The number of nitrogens with zero attached hydrogens (tertiary/aromatic N) is 1. The molecule has 0 atom stereocenters. The topological polar surface area (TPSA) is 42.2 Å². The van der Waals surface area contributed by atoms with Gasteiger partial charge < -0.3 is 5.11 Å². The summed E-state index contributed by atoms with van der Waals surface area (Å²) in [5.41, 5.74) is 0.337. The summed E-state index contributed by atoms with van der Waals surface area (Å²) in [5, 5.41) is 9.08. The standard InChI is InChI=1S/C9H5BrFNO2/c10-5-3-7(11)6-1-2-12(9(13)14)8(6)4-5/h1-4H,(H,13,14). The Bertz CT molecular complexity index is 521. The SMILES string of the molecule is O=C(O)n1ccc2c(F)cc(Br)cc21. The van der Waals surface area contributed by atoms with Gasteiger partial charge >= 0.3 is 6.09 Å². The molecule has 0 unspecified atom stereocenters. The minimum Gasteiger partial charge on any atom is -0.464 e. The van der Waals surface area contributed by atoms with Crippen molar-refractivity contribution < 1.29 is 14.3 Å². The highest BCUT2D eigenvalue weighted by Crippen LogP contribution is 2.24.